The number of benzene rings is 1. The van der Waals surface area contributed by atoms with E-state index in [0.717, 1.165) is 30.6 Å². The number of carboxylic acids is 1. The zero-order chi connectivity index (χ0) is 14.3. The van der Waals surface area contributed by atoms with Crippen LogP contribution in [0.25, 0.3) is 11.0 Å². The topological polar surface area (TPSA) is 75.3 Å². The molecule has 0 amide bonds. The van der Waals surface area contributed by atoms with Crippen molar-refractivity contribution < 1.29 is 15.0 Å². The Hall–Kier alpha value is -1.88. The molecule has 0 radical (unpaired) electrons. The molecule has 5 nitrogen and oxygen atoms in total. The zero-order valence-corrected chi connectivity index (χ0v) is 11.5. The second kappa shape index (κ2) is 4.59. The number of rotatable bonds is 5. The maximum absolute atomic E-state index is 11.4. The van der Waals surface area contributed by atoms with Crippen LogP contribution in [-0.4, -0.2) is 32.3 Å². The molecule has 20 heavy (non-hydrogen) atoms. The van der Waals surface area contributed by atoms with Gasteiger partial charge in [0.2, 0.25) is 0 Å². The molecule has 1 heterocycles. The molecule has 1 fully saturated rings. The van der Waals surface area contributed by atoms with Crippen molar-refractivity contribution in [2.24, 2.45) is 5.41 Å². The Morgan fingerprint density at radius 2 is 2.20 bits per heavy atom. The third-order valence-electron chi connectivity index (χ3n) is 4.18. The van der Waals surface area contributed by atoms with Gasteiger partial charge in [0, 0.05) is 18.4 Å². The molecule has 0 spiro atoms. The first-order valence-electron chi connectivity index (χ1n) is 6.92. The normalized spacial score (nSPS) is 16.5. The van der Waals surface area contributed by atoms with Gasteiger partial charge in [-0.15, -0.1) is 0 Å². The van der Waals surface area contributed by atoms with E-state index >= 15 is 0 Å². The molecular formula is C15H18N2O3. The van der Waals surface area contributed by atoms with Crippen molar-refractivity contribution in [3.63, 3.8) is 0 Å². The average molecular weight is 274 g/mol. The van der Waals surface area contributed by atoms with Gasteiger partial charge >= 0.3 is 5.97 Å². The molecule has 5 heteroatoms. The Morgan fingerprint density at radius 3 is 2.75 bits per heavy atom. The maximum Gasteiger partial charge on any atom is 0.337 e. The summed E-state index contributed by atoms with van der Waals surface area (Å²) in [5.41, 5.74) is 1.60. The molecule has 1 aromatic heterocycles. The summed E-state index contributed by atoms with van der Waals surface area (Å²) >= 11 is 0. The number of nitrogens with zero attached hydrogens (tertiary/aromatic N) is 2. The Labute approximate surface area is 116 Å². The predicted octanol–water partition coefficient (Wildman–Crippen LogP) is 2.07. The number of imidazole rings is 1. The highest BCUT2D eigenvalue weighted by Gasteiger charge is 2.43. The second-order valence-corrected chi connectivity index (χ2v) is 5.60. The van der Waals surface area contributed by atoms with E-state index in [1.807, 2.05) is 17.6 Å². The minimum Gasteiger partial charge on any atom is -0.478 e. The minimum atomic E-state index is -0.937. The van der Waals surface area contributed by atoms with Crippen LogP contribution in [0, 0.1) is 5.41 Å². The van der Waals surface area contributed by atoms with E-state index in [9.17, 15) is 15.0 Å². The fourth-order valence-electron chi connectivity index (χ4n) is 2.72. The van der Waals surface area contributed by atoms with Crippen molar-refractivity contribution in [3.05, 3.63) is 29.6 Å². The van der Waals surface area contributed by atoms with Crippen LogP contribution in [0.2, 0.25) is 0 Å². The lowest BCUT2D eigenvalue weighted by atomic mass is 10.1. The number of hydrogen-bond donors (Lipinski definition) is 2. The Balaban J connectivity index is 2.19. The molecule has 1 aliphatic rings. The van der Waals surface area contributed by atoms with Crippen molar-refractivity contribution >= 4 is 17.0 Å². The SMILES string of the molecule is CCc1nc2cccc(C(=O)O)c2n1CC1(CO)CC1. The summed E-state index contributed by atoms with van der Waals surface area (Å²) < 4.78 is 1.99. The fraction of sp³-hybridized carbons (Fsp3) is 0.467. The van der Waals surface area contributed by atoms with Crippen LogP contribution < -0.4 is 0 Å². The molecule has 1 aliphatic carbocycles. The smallest absolute Gasteiger partial charge is 0.337 e. The van der Waals surface area contributed by atoms with Gasteiger partial charge < -0.3 is 14.8 Å². The van der Waals surface area contributed by atoms with E-state index < -0.39 is 5.97 Å². The zero-order valence-electron chi connectivity index (χ0n) is 11.5. The van der Waals surface area contributed by atoms with Crippen molar-refractivity contribution in [1.29, 1.82) is 0 Å². The van der Waals surface area contributed by atoms with Gasteiger partial charge in [0.05, 0.1) is 23.2 Å². The highest BCUT2D eigenvalue weighted by molar-refractivity contribution is 6.01. The summed E-state index contributed by atoms with van der Waals surface area (Å²) in [6, 6.07) is 5.18. The molecule has 0 unspecified atom stereocenters. The van der Waals surface area contributed by atoms with Gasteiger partial charge in [-0.3, -0.25) is 0 Å². The summed E-state index contributed by atoms with van der Waals surface area (Å²) in [5, 5.41) is 18.9. The highest BCUT2D eigenvalue weighted by Crippen LogP contribution is 2.47. The molecule has 2 aromatic rings. The number of carbonyl (C=O) groups is 1. The molecule has 1 saturated carbocycles. The Kier molecular flexibility index (Phi) is 3.01. The quantitative estimate of drug-likeness (QED) is 0.875. The summed E-state index contributed by atoms with van der Waals surface area (Å²) in [6.07, 6.45) is 2.72. The summed E-state index contributed by atoms with van der Waals surface area (Å²) in [5.74, 6) is -0.0540. The molecule has 106 valence electrons. The van der Waals surface area contributed by atoms with E-state index in [-0.39, 0.29) is 17.6 Å². The molecule has 0 aliphatic heterocycles. The number of fused-ring (bicyclic) bond motifs is 1. The predicted molar refractivity (Wildman–Crippen MR) is 74.8 cm³/mol. The van der Waals surface area contributed by atoms with Gasteiger partial charge in [0.15, 0.2) is 0 Å². The molecule has 0 bridgehead atoms. The Morgan fingerprint density at radius 1 is 1.45 bits per heavy atom. The van der Waals surface area contributed by atoms with Gasteiger partial charge in [-0.2, -0.15) is 0 Å². The first kappa shape index (κ1) is 13.1. The van der Waals surface area contributed by atoms with Gasteiger partial charge in [0.1, 0.15) is 5.82 Å². The maximum atomic E-state index is 11.4. The monoisotopic (exact) mass is 274 g/mol. The van der Waals surface area contributed by atoms with E-state index in [2.05, 4.69) is 4.98 Å². The van der Waals surface area contributed by atoms with Crippen molar-refractivity contribution in [1.82, 2.24) is 9.55 Å². The van der Waals surface area contributed by atoms with Gasteiger partial charge in [-0.25, -0.2) is 9.78 Å². The fourth-order valence-corrected chi connectivity index (χ4v) is 2.72. The number of aliphatic hydroxyl groups is 1. The number of aryl methyl sites for hydroxylation is 1. The van der Waals surface area contributed by atoms with Crippen LogP contribution in [-0.2, 0) is 13.0 Å². The Bertz CT molecular complexity index is 671. The van der Waals surface area contributed by atoms with Gasteiger partial charge in [0.25, 0.3) is 0 Å². The molecule has 3 rings (SSSR count). The molecule has 2 N–H and O–H groups in total. The van der Waals surface area contributed by atoms with Crippen LogP contribution in [0.15, 0.2) is 18.2 Å². The van der Waals surface area contributed by atoms with Crippen molar-refractivity contribution in [2.75, 3.05) is 6.61 Å². The number of hydrogen-bond acceptors (Lipinski definition) is 3. The highest BCUT2D eigenvalue weighted by atomic mass is 16.4. The third kappa shape index (κ3) is 1.98. The molecular weight excluding hydrogens is 256 g/mol. The second-order valence-electron chi connectivity index (χ2n) is 5.60. The number of para-hydroxylation sites is 1. The number of aromatic nitrogens is 2. The summed E-state index contributed by atoms with van der Waals surface area (Å²) in [4.78, 5) is 16.0. The van der Waals surface area contributed by atoms with E-state index in [1.54, 1.807) is 12.1 Å². The van der Waals surface area contributed by atoms with Crippen molar-refractivity contribution in [2.45, 2.75) is 32.7 Å². The van der Waals surface area contributed by atoms with Crippen LogP contribution >= 0.6 is 0 Å². The van der Waals surface area contributed by atoms with Crippen LogP contribution in [0.1, 0.15) is 35.9 Å². The van der Waals surface area contributed by atoms with E-state index in [1.165, 1.54) is 0 Å². The first-order valence-corrected chi connectivity index (χ1v) is 6.92. The number of carboxylic acid groups (broad SMARTS) is 1. The van der Waals surface area contributed by atoms with Crippen LogP contribution in [0.4, 0.5) is 0 Å². The summed E-state index contributed by atoms with van der Waals surface area (Å²) in [6.45, 7) is 2.80. The number of aliphatic hydroxyl groups excluding tert-OH is 1. The van der Waals surface area contributed by atoms with Gasteiger partial charge in [-0.05, 0) is 25.0 Å². The first-order chi connectivity index (χ1) is 9.60. The third-order valence-corrected chi connectivity index (χ3v) is 4.18. The number of aromatic carboxylic acids is 1. The lowest BCUT2D eigenvalue weighted by molar-refractivity contribution is 0.0698. The molecule has 1 aromatic carbocycles. The van der Waals surface area contributed by atoms with Crippen LogP contribution in [0.5, 0.6) is 0 Å². The summed E-state index contributed by atoms with van der Waals surface area (Å²) in [7, 11) is 0. The molecule has 0 saturated heterocycles. The lowest BCUT2D eigenvalue weighted by Crippen LogP contribution is -2.18. The van der Waals surface area contributed by atoms with E-state index in [4.69, 9.17) is 0 Å². The average Bonchev–Trinajstić information content (AvgIpc) is 3.14. The van der Waals surface area contributed by atoms with Crippen molar-refractivity contribution in [3.8, 4) is 0 Å². The van der Waals surface area contributed by atoms with Gasteiger partial charge in [-0.1, -0.05) is 13.0 Å². The lowest BCUT2D eigenvalue weighted by Gasteiger charge is -2.16. The minimum absolute atomic E-state index is 0.0802. The largest absolute Gasteiger partial charge is 0.478 e. The van der Waals surface area contributed by atoms with Crippen LogP contribution in [0.3, 0.4) is 0 Å². The van der Waals surface area contributed by atoms with E-state index in [0.29, 0.717) is 12.1 Å². The standard InChI is InChI=1S/C15H18N2O3/c1-2-12-16-11-5-3-4-10(14(19)20)13(11)17(12)8-15(9-18)6-7-15/h3-5,18H,2,6-9H2,1H3,(H,19,20). The molecule has 0 atom stereocenters.